The zero-order valence-corrected chi connectivity index (χ0v) is 16.6. The van der Waals surface area contributed by atoms with Gasteiger partial charge in [0.05, 0.1) is 32.1 Å². The number of fused-ring (bicyclic) bond motifs is 1. The molecule has 0 saturated heterocycles. The van der Waals surface area contributed by atoms with Crippen LogP contribution in [0, 0.1) is 0 Å². The Morgan fingerprint density at radius 1 is 1.25 bits per heavy atom. The Kier molecular flexibility index (Phi) is 5.19. The molecule has 1 aromatic heterocycles. The minimum absolute atomic E-state index is 0.0178. The van der Waals surface area contributed by atoms with Crippen molar-refractivity contribution in [1.82, 2.24) is 9.47 Å². The van der Waals surface area contributed by atoms with Crippen LogP contribution in [0.3, 0.4) is 0 Å². The van der Waals surface area contributed by atoms with E-state index in [1.165, 1.54) is 4.57 Å². The average molecular weight is 388 g/mol. The number of pyridine rings is 1. The van der Waals surface area contributed by atoms with E-state index in [1.54, 1.807) is 27.5 Å². The first-order valence-electron chi connectivity index (χ1n) is 8.66. The molecule has 0 unspecified atom stereocenters. The molecule has 0 radical (unpaired) electrons. The SMILES string of the molecule is COc1cc(-c2cn(C)c(=O)c3c2N(C(=O)O)CN3)cc(OC)c1CN(C)C. The third-order valence-electron chi connectivity index (χ3n) is 4.66. The van der Waals surface area contributed by atoms with Crippen LogP contribution in [0.4, 0.5) is 16.2 Å². The second kappa shape index (κ2) is 7.43. The lowest BCUT2D eigenvalue weighted by Crippen LogP contribution is -2.29. The molecular formula is C19H24N4O5. The maximum Gasteiger partial charge on any atom is 0.413 e. The second-order valence-electron chi connectivity index (χ2n) is 6.83. The topological polar surface area (TPSA) is 96.3 Å². The van der Waals surface area contributed by atoms with Crippen molar-refractivity contribution < 1.29 is 19.4 Å². The van der Waals surface area contributed by atoms with Crippen molar-refractivity contribution in [3.8, 4) is 22.6 Å². The van der Waals surface area contributed by atoms with Crippen LogP contribution in [-0.2, 0) is 13.6 Å². The van der Waals surface area contributed by atoms with Gasteiger partial charge in [0.2, 0.25) is 0 Å². The monoisotopic (exact) mass is 388 g/mol. The first kappa shape index (κ1) is 19.6. The largest absolute Gasteiger partial charge is 0.496 e. The number of nitrogens with one attached hydrogen (secondary N) is 1. The Hall–Kier alpha value is -3.20. The van der Waals surface area contributed by atoms with Gasteiger partial charge in [0.1, 0.15) is 17.2 Å². The number of aromatic nitrogens is 1. The summed E-state index contributed by atoms with van der Waals surface area (Å²) in [5.41, 5.74) is 2.48. The molecule has 0 bridgehead atoms. The van der Waals surface area contributed by atoms with Gasteiger partial charge in [-0.25, -0.2) is 4.79 Å². The summed E-state index contributed by atoms with van der Waals surface area (Å²) < 4.78 is 12.6. The van der Waals surface area contributed by atoms with Crippen molar-refractivity contribution in [3.63, 3.8) is 0 Å². The number of ether oxygens (including phenoxy) is 2. The molecule has 28 heavy (non-hydrogen) atoms. The van der Waals surface area contributed by atoms with Gasteiger partial charge in [0, 0.05) is 25.4 Å². The normalized spacial score (nSPS) is 12.7. The zero-order valence-electron chi connectivity index (χ0n) is 16.6. The van der Waals surface area contributed by atoms with E-state index in [0.29, 0.717) is 34.9 Å². The van der Waals surface area contributed by atoms with Crippen LogP contribution in [0.1, 0.15) is 5.56 Å². The molecule has 0 fully saturated rings. The minimum atomic E-state index is -1.14. The van der Waals surface area contributed by atoms with Crippen molar-refractivity contribution in [3.05, 3.63) is 34.2 Å². The van der Waals surface area contributed by atoms with E-state index < -0.39 is 6.09 Å². The minimum Gasteiger partial charge on any atom is -0.496 e. The molecule has 9 heteroatoms. The first-order chi connectivity index (χ1) is 13.3. The van der Waals surface area contributed by atoms with Crippen LogP contribution < -0.4 is 25.2 Å². The molecule has 0 saturated carbocycles. The molecule has 150 valence electrons. The highest BCUT2D eigenvalue weighted by molar-refractivity contribution is 6.01. The van der Waals surface area contributed by atoms with Crippen LogP contribution in [0.15, 0.2) is 23.1 Å². The van der Waals surface area contributed by atoms with Gasteiger partial charge in [0.15, 0.2) is 0 Å². The van der Waals surface area contributed by atoms with Crippen LogP contribution in [0.25, 0.3) is 11.1 Å². The van der Waals surface area contributed by atoms with E-state index in [4.69, 9.17) is 9.47 Å². The second-order valence-corrected chi connectivity index (χ2v) is 6.83. The number of anilines is 2. The fourth-order valence-electron chi connectivity index (χ4n) is 3.39. The molecule has 1 aliphatic rings. The van der Waals surface area contributed by atoms with Crippen molar-refractivity contribution in [2.24, 2.45) is 7.05 Å². The fraction of sp³-hybridized carbons (Fsp3) is 0.368. The maximum absolute atomic E-state index is 12.5. The third-order valence-corrected chi connectivity index (χ3v) is 4.66. The van der Waals surface area contributed by atoms with Gasteiger partial charge in [0.25, 0.3) is 5.56 Å². The number of carbonyl (C=O) groups is 1. The quantitative estimate of drug-likeness (QED) is 0.809. The number of carboxylic acid groups (broad SMARTS) is 1. The van der Waals surface area contributed by atoms with E-state index in [9.17, 15) is 14.7 Å². The molecule has 1 amide bonds. The summed E-state index contributed by atoms with van der Waals surface area (Å²) in [5, 5.41) is 12.4. The van der Waals surface area contributed by atoms with Gasteiger partial charge in [-0.05, 0) is 31.8 Å². The van der Waals surface area contributed by atoms with Crippen molar-refractivity contribution in [2.75, 3.05) is 45.2 Å². The lowest BCUT2D eigenvalue weighted by Gasteiger charge is -2.20. The summed E-state index contributed by atoms with van der Waals surface area (Å²) in [6.45, 7) is 0.630. The number of nitrogens with zero attached hydrogens (tertiary/aromatic N) is 3. The highest BCUT2D eigenvalue weighted by Crippen LogP contribution is 2.42. The van der Waals surface area contributed by atoms with Gasteiger partial charge in [-0.3, -0.25) is 9.69 Å². The van der Waals surface area contributed by atoms with Gasteiger partial charge >= 0.3 is 6.09 Å². The lowest BCUT2D eigenvalue weighted by molar-refractivity contribution is 0.202. The van der Waals surface area contributed by atoms with E-state index in [2.05, 4.69) is 5.32 Å². The zero-order chi connectivity index (χ0) is 20.6. The highest BCUT2D eigenvalue weighted by Gasteiger charge is 2.31. The molecule has 0 aliphatic carbocycles. The van der Waals surface area contributed by atoms with Crippen molar-refractivity contribution in [2.45, 2.75) is 6.54 Å². The smallest absolute Gasteiger partial charge is 0.413 e. The summed E-state index contributed by atoms with van der Waals surface area (Å²) in [6, 6.07) is 3.67. The summed E-state index contributed by atoms with van der Waals surface area (Å²) in [5.74, 6) is 1.25. The number of aryl methyl sites for hydroxylation is 1. The fourth-order valence-corrected chi connectivity index (χ4v) is 3.39. The molecule has 2 heterocycles. The molecule has 3 rings (SSSR count). The summed E-state index contributed by atoms with van der Waals surface area (Å²) in [4.78, 5) is 27.3. The molecule has 2 aromatic rings. The molecule has 0 spiro atoms. The first-order valence-corrected chi connectivity index (χ1v) is 8.66. The summed E-state index contributed by atoms with van der Waals surface area (Å²) in [6.07, 6.45) is 0.494. The number of hydrogen-bond donors (Lipinski definition) is 2. The molecule has 0 atom stereocenters. The lowest BCUT2D eigenvalue weighted by atomic mass is 10.0. The highest BCUT2D eigenvalue weighted by atomic mass is 16.5. The number of amides is 1. The predicted molar refractivity (Wildman–Crippen MR) is 107 cm³/mol. The predicted octanol–water partition coefficient (Wildman–Crippen LogP) is 2.00. The van der Waals surface area contributed by atoms with Crippen LogP contribution in [-0.4, -0.2) is 55.7 Å². The van der Waals surface area contributed by atoms with E-state index in [-0.39, 0.29) is 17.9 Å². The Morgan fingerprint density at radius 2 is 1.86 bits per heavy atom. The summed E-state index contributed by atoms with van der Waals surface area (Å²) >= 11 is 0. The van der Waals surface area contributed by atoms with Gasteiger partial charge in [-0.2, -0.15) is 0 Å². The molecular weight excluding hydrogens is 364 g/mol. The molecule has 1 aromatic carbocycles. The number of benzene rings is 1. The number of rotatable bonds is 5. The number of hydrogen-bond acceptors (Lipinski definition) is 6. The van der Waals surface area contributed by atoms with Gasteiger partial charge in [-0.15, -0.1) is 0 Å². The third kappa shape index (κ3) is 3.24. The van der Waals surface area contributed by atoms with E-state index >= 15 is 0 Å². The summed E-state index contributed by atoms with van der Waals surface area (Å²) in [7, 11) is 8.68. The van der Waals surface area contributed by atoms with Crippen molar-refractivity contribution in [1.29, 1.82) is 0 Å². The standard InChI is InChI=1S/C19H24N4O5/c1-21(2)8-13-14(27-4)6-11(7-15(13)28-5)12-9-22(3)18(24)16-17(12)23(10-20-16)19(25)26/h6-7,9,20H,8,10H2,1-5H3,(H,25,26). The molecule has 9 nitrogen and oxygen atoms in total. The van der Waals surface area contributed by atoms with Crippen molar-refractivity contribution >= 4 is 17.5 Å². The molecule has 2 N–H and O–H groups in total. The van der Waals surface area contributed by atoms with E-state index in [1.807, 2.05) is 31.1 Å². The Labute approximate surface area is 162 Å². The van der Waals surface area contributed by atoms with Crippen LogP contribution in [0.5, 0.6) is 11.5 Å². The van der Waals surface area contributed by atoms with Crippen LogP contribution in [0.2, 0.25) is 0 Å². The Morgan fingerprint density at radius 3 is 2.36 bits per heavy atom. The van der Waals surface area contributed by atoms with E-state index in [0.717, 1.165) is 10.5 Å². The van der Waals surface area contributed by atoms with Gasteiger partial charge in [-0.1, -0.05) is 0 Å². The Bertz CT molecular complexity index is 958. The Balaban J connectivity index is 2.28. The van der Waals surface area contributed by atoms with Gasteiger partial charge < -0.3 is 29.4 Å². The maximum atomic E-state index is 12.5. The molecule has 1 aliphatic heterocycles. The number of methoxy groups -OCH3 is 2. The van der Waals surface area contributed by atoms with Crippen LogP contribution >= 0.6 is 0 Å². The average Bonchev–Trinajstić information content (AvgIpc) is 3.10.